The van der Waals surface area contributed by atoms with Crippen molar-refractivity contribution in [2.24, 2.45) is 0 Å². The highest BCUT2D eigenvalue weighted by Crippen LogP contribution is 2.11. The molecule has 0 saturated heterocycles. The van der Waals surface area contributed by atoms with Crippen LogP contribution in [0.2, 0.25) is 0 Å². The third-order valence-electron chi connectivity index (χ3n) is 2.94. The number of benzene rings is 1. The van der Waals surface area contributed by atoms with Crippen LogP contribution in [0.4, 0.5) is 0 Å². The van der Waals surface area contributed by atoms with Gasteiger partial charge in [0.2, 0.25) is 0 Å². The molecule has 1 N–H and O–H groups in total. The molecule has 2 heteroatoms. The predicted octanol–water partition coefficient (Wildman–Crippen LogP) is 2.34. The zero-order valence-electron chi connectivity index (χ0n) is 11.0. The first kappa shape index (κ1) is 13.2. The SMILES string of the molecule is CCNCCN(C)Cc1ccc(C)c(C)c1. The summed E-state index contributed by atoms with van der Waals surface area (Å²) in [5.74, 6) is 0. The van der Waals surface area contributed by atoms with Crippen LogP contribution >= 0.6 is 0 Å². The molecule has 0 amide bonds. The van der Waals surface area contributed by atoms with E-state index >= 15 is 0 Å². The third-order valence-corrected chi connectivity index (χ3v) is 2.94. The summed E-state index contributed by atoms with van der Waals surface area (Å²) in [6.45, 7) is 10.7. The molecule has 0 spiro atoms. The van der Waals surface area contributed by atoms with Crippen LogP contribution in [0.5, 0.6) is 0 Å². The van der Waals surface area contributed by atoms with Crippen molar-refractivity contribution in [2.45, 2.75) is 27.3 Å². The van der Waals surface area contributed by atoms with E-state index in [-0.39, 0.29) is 0 Å². The van der Waals surface area contributed by atoms with Gasteiger partial charge in [0.05, 0.1) is 0 Å². The summed E-state index contributed by atoms with van der Waals surface area (Å²) in [5, 5.41) is 3.34. The summed E-state index contributed by atoms with van der Waals surface area (Å²) in [5.41, 5.74) is 4.17. The average molecular weight is 220 g/mol. The van der Waals surface area contributed by atoms with Crippen molar-refractivity contribution in [1.29, 1.82) is 0 Å². The van der Waals surface area contributed by atoms with Gasteiger partial charge in [-0.05, 0) is 44.1 Å². The van der Waals surface area contributed by atoms with Crippen LogP contribution in [0.3, 0.4) is 0 Å². The second-order valence-corrected chi connectivity index (χ2v) is 4.51. The minimum absolute atomic E-state index is 1.03. The first-order chi connectivity index (χ1) is 7.63. The third kappa shape index (κ3) is 4.33. The topological polar surface area (TPSA) is 15.3 Å². The normalized spacial score (nSPS) is 11.1. The molecule has 0 saturated carbocycles. The monoisotopic (exact) mass is 220 g/mol. The maximum atomic E-state index is 3.34. The Morgan fingerprint density at radius 2 is 1.94 bits per heavy atom. The van der Waals surface area contributed by atoms with Gasteiger partial charge in [0.15, 0.2) is 0 Å². The van der Waals surface area contributed by atoms with Crippen LogP contribution in [0, 0.1) is 13.8 Å². The van der Waals surface area contributed by atoms with Crippen molar-refractivity contribution in [3.63, 3.8) is 0 Å². The zero-order valence-corrected chi connectivity index (χ0v) is 11.0. The van der Waals surface area contributed by atoms with Gasteiger partial charge in [0, 0.05) is 19.6 Å². The highest BCUT2D eigenvalue weighted by molar-refractivity contribution is 5.29. The summed E-state index contributed by atoms with van der Waals surface area (Å²) in [6.07, 6.45) is 0. The molecule has 0 aliphatic carbocycles. The van der Waals surface area contributed by atoms with E-state index in [0.717, 1.165) is 26.2 Å². The minimum Gasteiger partial charge on any atom is -0.316 e. The van der Waals surface area contributed by atoms with Crippen molar-refractivity contribution in [3.8, 4) is 0 Å². The van der Waals surface area contributed by atoms with E-state index in [2.05, 4.69) is 56.2 Å². The first-order valence-corrected chi connectivity index (χ1v) is 6.09. The van der Waals surface area contributed by atoms with Gasteiger partial charge in [0.1, 0.15) is 0 Å². The Morgan fingerprint density at radius 1 is 1.19 bits per heavy atom. The predicted molar refractivity (Wildman–Crippen MR) is 70.8 cm³/mol. The smallest absolute Gasteiger partial charge is 0.0231 e. The van der Waals surface area contributed by atoms with Crippen molar-refractivity contribution in [2.75, 3.05) is 26.7 Å². The lowest BCUT2D eigenvalue weighted by atomic mass is 10.1. The van der Waals surface area contributed by atoms with Crippen LogP contribution < -0.4 is 5.32 Å². The Labute approximate surface area is 99.7 Å². The molecule has 2 nitrogen and oxygen atoms in total. The Kier molecular flexibility index (Phi) is 5.50. The number of nitrogens with one attached hydrogen (secondary N) is 1. The van der Waals surface area contributed by atoms with E-state index in [0.29, 0.717) is 0 Å². The maximum Gasteiger partial charge on any atom is 0.0231 e. The lowest BCUT2D eigenvalue weighted by Gasteiger charge is -2.17. The van der Waals surface area contributed by atoms with Gasteiger partial charge < -0.3 is 10.2 Å². The molecule has 1 aromatic carbocycles. The van der Waals surface area contributed by atoms with Crippen molar-refractivity contribution >= 4 is 0 Å². The summed E-state index contributed by atoms with van der Waals surface area (Å²) in [7, 11) is 2.17. The van der Waals surface area contributed by atoms with Gasteiger partial charge in [-0.25, -0.2) is 0 Å². The fourth-order valence-electron chi connectivity index (χ4n) is 1.74. The molecule has 1 rings (SSSR count). The molecule has 1 aromatic rings. The lowest BCUT2D eigenvalue weighted by molar-refractivity contribution is 0.325. The Morgan fingerprint density at radius 3 is 2.56 bits per heavy atom. The molecule has 0 heterocycles. The molecule has 0 atom stereocenters. The van der Waals surface area contributed by atoms with E-state index in [1.165, 1.54) is 16.7 Å². The van der Waals surface area contributed by atoms with E-state index in [1.54, 1.807) is 0 Å². The van der Waals surface area contributed by atoms with Crippen molar-refractivity contribution in [3.05, 3.63) is 34.9 Å². The molecule has 0 bridgehead atoms. The van der Waals surface area contributed by atoms with E-state index in [4.69, 9.17) is 0 Å². The largest absolute Gasteiger partial charge is 0.316 e. The van der Waals surface area contributed by atoms with Crippen LogP contribution in [0.25, 0.3) is 0 Å². The fraction of sp³-hybridized carbons (Fsp3) is 0.571. The number of hydrogen-bond acceptors (Lipinski definition) is 2. The van der Waals surface area contributed by atoms with E-state index < -0.39 is 0 Å². The molecular weight excluding hydrogens is 196 g/mol. The minimum atomic E-state index is 1.03. The number of hydrogen-bond donors (Lipinski definition) is 1. The maximum absolute atomic E-state index is 3.34. The Balaban J connectivity index is 2.43. The second kappa shape index (κ2) is 6.66. The second-order valence-electron chi connectivity index (χ2n) is 4.51. The molecular formula is C14H24N2. The van der Waals surface area contributed by atoms with Crippen LogP contribution in [-0.4, -0.2) is 31.6 Å². The number of nitrogens with zero attached hydrogens (tertiary/aromatic N) is 1. The van der Waals surface area contributed by atoms with Crippen molar-refractivity contribution in [1.82, 2.24) is 10.2 Å². The molecule has 0 aliphatic rings. The molecule has 0 aliphatic heterocycles. The average Bonchev–Trinajstić information content (AvgIpc) is 2.24. The Hall–Kier alpha value is -0.860. The van der Waals surface area contributed by atoms with Crippen LogP contribution in [0.15, 0.2) is 18.2 Å². The first-order valence-electron chi connectivity index (χ1n) is 6.09. The number of likely N-dealkylation sites (N-methyl/N-ethyl adjacent to an activating group) is 2. The fourth-order valence-corrected chi connectivity index (χ4v) is 1.74. The highest BCUT2D eigenvalue weighted by Gasteiger charge is 2.01. The van der Waals surface area contributed by atoms with Crippen LogP contribution in [0.1, 0.15) is 23.6 Å². The van der Waals surface area contributed by atoms with E-state index in [1.807, 2.05) is 0 Å². The summed E-state index contributed by atoms with van der Waals surface area (Å²) >= 11 is 0. The highest BCUT2D eigenvalue weighted by atomic mass is 15.1. The molecule has 0 fully saturated rings. The van der Waals surface area contributed by atoms with Gasteiger partial charge in [-0.15, -0.1) is 0 Å². The van der Waals surface area contributed by atoms with E-state index in [9.17, 15) is 0 Å². The lowest BCUT2D eigenvalue weighted by Crippen LogP contribution is -2.28. The van der Waals surface area contributed by atoms with Crippen molar-refractivity contribution < 1.29 is 0 Å². The van der Waals surface area contributed by atoms with Crippen LogP contribution in [-0.2, 0) is 6.54 Å². The summed E-state index contributed by atoms with van der Waals surface area (Å²) < 4.78 is 0. The number of rotatable bonds is 6. The molecule has 0 unspecified atom stereocenters. The molecule has 0 aromatic heterocycles. The Bertz CT molecular complexity index is 321. The quantitative estimate of drug-likeness (QED) is 0.740. The van der Waals surface area contributed by atoms with Gasteiger partial charge in [-0.2, -0.15) is 0 Å². The summed E-state index contributed by atoms with van der Waals surface area (Å²) in [4.78, 5) is 2.35. The van der Waals surface area contributed by atoms with Gasteiger partial charge in [-0.1, -0.05) is 25.1 Å². The molecule has 90 valence electrons. The molecule has 16 heavy (non-hydrogen) atoms. The standard InChI is InChI=1S/C14H24N2/c1-5-15-8-9-16(4)11-14-7-6-12(2)13(3)10-14/h6-7,10,15H,5,8-9,11H2,1-4H3. The zero-order chi connectivity index (χ0) is 12.0. The van der Waals surface area contributed by atoms with Gasteiger partial charge in [-0.3, -0.25) is 0 Å². The summed E-state index contributed by atoms with van der Waals surface area (Å²) in [6, 6.07) is 6.73. The van der Waals surface area contributed by atoms with Gasteiger partial charge >= 0.3 is 0 Å². The van der Waals surface area contributed by atoms with Gasteiger partial charge in [0.25, 0.3) is 0 Å². The number of aryl methyl sites for hydroxylation is 2. The molecule has 0 radical (unpaired) electrons.